The number of para-hydroxylation sites is 1. The van der Waals surface area contributed by atoms with Gasteiger partial charge in [0.2, 0.25) is 0 Å². The molecule has 2 aliphatic rings. The summed E-state index contributed by atoms with van der Waals surface area (Å²) in [5, 5.41) is 2.69. The fraction of sp³-hybridized carbons (Fsp3) is 0.386. The Bertz CT molecular complexity index is 2020. The zero-order chi connectivity index (χ0) is 38.2. The average molecular weight is 756 g/mol. The molecular formula is C44H49F4N3O2Si. The maximum atomic E-state index is 16.8. The lowest BCUT2D eigenvalue weighted by molar-refractivity contribution is 0.0612. The third-order valence-corrected chi connectivity index (χ3v) is 16.4. The van der Waals surface area contributed by atoms with Crippen molar-refractivity contribution >= 4 is 35.4 Å². The van der Waals surface area contributed by atoms with E-state index in [-0.39, 0.29) is 41.1 Å². The lowest BCUT2D eigenvalue weighted by atomic mass is 9.86. The molecule has 3 atom stereocenters. The van der Waals surface area contributed by atoms with Gasteiger partial charge < -0.3 is 14.3 Å². The minimum atomic E-state index is -3.05. The lowest BCUT2D eigenvalue weighted by Gasteiger charge is -2.44. The van der Waals surface area contributed by atoms with Crippen LogP contribution in [0.1, 0.15) is 67.3 Å². The molecule has 0 spiro atoms. The van der Waals surface area contributed by atoms with Crippen LogP contribution in [0.5, 0.6) is 0 Å². The summed E-state index contributed by atoms with van der Waals surface area (Å²) in [6.07, 6.45) is -0.553. The van der Waals surface area contributed by atoms with E-state index in [4.69, 9.17) is 4.43 Å². The van der Waals surface area contributed by atoms with E-state index in [9.17, 15) is 9.18 Å². The van der Waals surface area contributed by atoms with Gasteiger partial charge in [-0.25, -0.2) is 13.2 Å². The van der Waals surface area contributed by atoms with Crippen molar-refractivity contribution in [3.63, 3.8) is 0 Å². The predicted molar refractivity (Wildman–Crippen MR) is 210 cm³/mol. The van der Waals surface area contributed by atoms with Gasteiger partial charge in [0.1, 0.15) is 17.8 Å². The summed E-state index contributed by atoms with van der Waals surface area (Å²) in [5.74, 6) is -2.43. The van der Waals surface area contributed by atoms with Crippen molar-refractivity contribution in [2.45, 2.75) is 63.8 Å². The first-order valence-corrected chi connectivity index (χ1v) is 20.9. The number of benzene rings is 4. The first kappa shape index (κ1) is 38.2. The number of hydrogen-bond acceptors (Lipinski definition) is 4. The molecule has 1 aromatic heterocycles. The largest absolute Gasteiger partial charge is 0.404 e. The second kappa shape index (κ2) is 15.6. The van der Waals surface area contributed by atoms with E-state index in [2.05, 4.69) is 50.0 Å². The fourth-order valence-electron chi connectivity index (χ4n) is 8.79. The van der Waals surface area contributed by atoms with Crippen LogP contribution < -0.4 is 10.4 Å². The van der Waals surface area contributed by atoms with Crippen LogP contribution in [0.25, 0.3) is 10.9 Å². The molecule has 10 heteroatoms. The predicted octanol–water partition coefficient (Wildman–Crippen LogP) is 8.17. The van der Waals surface area contributed by atoms with Gasteiger partial charge in [0, 0.05) is 65.9 Å². The van der Waals surface area contributed by atoms with Crippen LogP contribution in [0.15, 0.2) is 97.1 Å². The van der Waals surface area contributed by atoms with Crippen molar-refractivity contribution in [3.05, 3.63) is 131 Å². The summed E-state index contributed by atoms with van der Waals surface area (Å²) in [4.78, 5) is 20.6. The number of fused-ring (bicyclic) bond motifs is 3. The standard InChI is InChI=1S/C44H49F4N3O2Si/c1-29-22-36-35-18-11-12-19-39(35)49-41(36)42(40-37(47)23-30(24-38(40)48)43(52)31-25-50(26-31)21-13-20-45)51(29)27-32(46)28-53-54(44(2,3)4,33-14-7-5-8-15-33)34-16-9-6-10-17-34/h5-12,14-19,23-24,29,31-32,42,49H,13,20-22,25-28H2,1-4H3/t29-,32+,42-/m1/s1. The first-order chi connectivity index (χ1) is 25.9. The van der Waals surface area contributed by atoms with Crippen LogP contribution in [0, 0.1) is 17.6 Å². The number of halogens is 4. The molecule has 0 radical (unpaired) electrons. The van der Waals surface area contributed by atoms with Crippen LogP contribution in [0.4, 0.5) is 17.6 Å². The summed E-state index contributed by atoms with van der Waals surface area (Å²) in [6.45, 7) is 9.03. The van der Waals surface area contributed by atoms with E-state index in [0.717, 1.165) is 39.0 Å². The van der Waals surface area contributed by atoms with Gasteiger partial charge in [-0.1, -0.05) is 99.6 Å². The highest BCUT2D eigenvalue weighted by Crippen LogP contribution is 2.43. The topological polar surface area (TPSA) is 48.6 Å². The van der Waals surface area contributed by atoms with E-state index in [0.29, 0.717) is 38.2 Å². The number of aromatic nitrogens is 1. The van der Waals surface area contributed by atoms with Gasteiger partial charge >= 0.3 is 0 Å². The molecule has 284 valence electrons. The Kier molecular flexibility index (Phi) is 11.0. The molecule has 0 bridgehead atoms. The van der Waals surface area contributed by atoms with Crippen LogP contribution >= 0.6 is 0 Å². The third-order valence-electron chi connectivity index (χ3n) is 11.4. The van der Waals surface area contributed by atoms with Crippen LogP contribution in [0.3, 0.4) is 0 Å². The molecule has 4 aromatic carbocycles. The minimum absolute atomic E-state index is 0.0294. The van der Waals surface area contributed by atoms with E-state index in [1.54, 1.807) is 0 Å². The molecule has 5 aromatic rings. The van der Waals surface area contributed by atoms with Crippen molar-refractivity contribution in [1.82, 2.24) is 14.8 Å². The number of hydrogen-bond donors (Lipinski definition) is 1. The van der Waals surface area contributed by atoms with E-state index in [1.807, 2.05) is 77.4 Å². The van der Waals surface area contributed by atoms with Gasteiger partial charge in [0.15, 0.2) is 5.78 Å². The zero-order valence-electron chi connectivity index (χ0n) is 31.4. The van der Waals surface area contributed by atoms with E-state index >= 15 is 13.2 Å². The number of carbonyl (C=O) groups is 1. The molecule has 1 saturated heterocycles. The third kappa shape index (κ3) is 7.09. The van der Waals surface area contributed by atoms with E-state index in [1.165, 1.54) is 0 Å². The molecule has 1 N–H and O–H groups in total. The number of rotatable bonds is 13. The molecule has 5 nitrogen and oxygen atoms in total. The number of carbonyl (C=O) groups excluding carboxylic acids is 1. The number of H-pyrrole nitrogens is 1. The van der Waals surface area contributed by atoms with Gasteiger partial charge in [0.05, 0.1) is 19.3 Å². The van der Waals surface area contributed by atoms with Crippen molar-refractivity contribution in [2.24, 2.45) is 5.92 Å². The number of Topliss-reactive ketones (excluding diaryl/α,β-unsaturated/α-hetero) is 1. The molecule has 7 rings (SSSR count). The normalized spacial score (nSPS) is 19.1. The highest BCUT2D eigenvalue weighted by atomic mass is 28.4. The van der Waals surface area contributed by atoms with Gasteiger partial charge in [-0.15, -0.1) is 0 Å². The Balaban J connectivity index is 1.22. The van der Waals surface area contributed by atoms with Crippen LogP contribution in [-0.4, -0.2) is 80.6 Å². The second-order valence-corrected chi connectivity index (χ2v) is 20.3. The quantitative estimate of drug-likeness (QED) is 0.0749. The summed E-state index contributed by atoms with van der Waals surface area (Å²) in [6, 6.07) is 28.9. The zero-order valence-corrected chi connectivity index (χ0v) is 32.4. The SMILES string of the molecule is C[C@@H]1Cc2c([nH]c3ccccc23)[C@@H](c2c(F)cc(C(=O)C3CN(CCCF)C3)cc2F)N1C[C@H](F)CO[Si](c1ccccc1)(c1ccccc1)C(C)(C)C. The Hall–Kier alpha value is -4.09. The number of alkyl halides is 2. The van der Waals surface area contributed by atoms with Crippen LogP contribution in [-0.2, 0) is 10.8 Å². The Labute approximate surface area is 316 Å². The van der Waals surface area contributed by atoms with Gasteiger partial charge in [-0.05, 0) is 58.9 Å². The molecule has 0 amide bonds. The number of ketones is 1. The fourth-order valence-corrected chi connectivity index (χ4v) is 13.4. The maximum Gasteiger partial charge on any atom is 0.261 e. The smallest absolute Gasteiger partial charge is 0.261 e. The molecule has 3 heterocycles. The number of likely N-dealkylation sites (tertiary alicyclic amines) is 1. The van der Waals surface area contributed by atoms with Gasteiger partial charge in [0.25, 0.3) is 8.32 Å². The summed E-state index contributed by atoms with van der Waals surface area (Å²) in [5.41, 5.74) is 2.15. The Morgan fingerprint density at radius 1 is 0.926 bits per heavy atom. The Morgan fingerprint density at radius 3 is 2.11 bits per heavy atom. The highest BCUT2D eigenvalue weighted by molar-refractivity contribution is 6.99. The van der Waals surface area contributed by atoms with Crippen molar-refractivity contribution in [2.75, 3.05) is 39.5 Å². The first-order valence-electron chi connectivity index (χ1n) is 19.0. The second-order valence-electron chi connectivity index (χ2n) is 16.0. The maximum absolute atomic E-state index is 16.8. The van der Waals surface area contributed by atoms with Gasteiger partial charge in [-0.2, -0.15) is 0 Å². The highest BCUT2D eigenvalue weighted by Gasteiger charge is 2.51. The molecule has 54 heavy (non-hydrogen) atoms. The monoisotopic (exact) mass is 755 g/mol. The van der Waals surface area contributed by atoms with Crippen LogP contribution in [0.2, 0.25) is 5.04 Å². The molecule has 1 fully saturated rings. The number of nitrogens with one attached hydrogen (secondary N) is 1. The molecule has 2 aliphatic heterocycles. The summed E-state index contributed by atoms with van der Waals surface area (Å²) < 4.78 is 69.3. The summed E-state index contributed by atoms with van der Waals surface area (Å²) in [7, 11) is -3.05. The Morgan fingerprint density at radius 2 is 1.52 bits per heavy atom. The van der Waals surface area contributed by atoms with Crippen molar-refractivity contribution in [1.29, 1.82) is 0 Å². The molecule has 0 saturated carbocycles. The van der Waals surface area contributed by atoms with Gasteiger partial charge in [-0.3, -0.25) is 14.1 Å². The number of nitrogens with zero attached hydrogens (tertiary/aromatic N) is 2. The molecular weight excluding hydrogens is 707 g/mol. The lowest BCUT2D eigenvalue weighted by Crippen LogP contribution is -2.67. The minimum Gasteiger partial charge on any atom is -0.404 e. The summed E-state index contributed by atoms with van der Waals surface area (Å²) >= 11 is 0. The van der Waals surface area contributed by atoms with Crippen molar-refractivity contribution < 1.29 is 26.8 Å². The molecule has 0 aliphatic carbocycles. The number of aromatic amines is 1. The van der Waals surface area contributed by atoms with Crippen molar-refractivity contribution in [3.8, 4) is 0 Å². The average Bonchev–Trinajstić information content (AvgIpc) is 3.50. The molecule has 0 unspecified atom stereocenters. The van der Waals surface area contributed by atoms with E-state index < -0.39 is 44.8 Å².